The van der Waals surface area contributed by atoms with Gasteiger partial charge in [0.1, 0.15) is 11.6 Å². The maximum absolute atomic E-state index is 13.6. The maximum Gasteiger partial charge on any atom is 0.163 e. The lowest BCUT2D eigenvalue weighted by Gasteiger charge is -2.13. The molecule has 152 valence electrons. The van der Waals surface area contributed by atoms with E-state index in [0.29, 0.717) is 23.9 Å². The van der Waals surface area contributed by atoms with Gasteiger partial charge in [-0.15, -0.1) is 0 Å². The summed E-state index contributed by atoms with van der Waals surface area (Å²) in [6.07, 6.45) is 5.23. The number of benzene rings is 2. The number of aromatic nitrogens is 3. The third-order valence-corrected chi connectivity index (χ3v) is 4.97. The van der Waals surface area contributed by atoms with E-state index in [0.717, 1.165) is 34.9 Å². The first kappa shape index (κ1) is 20.2. The van der Waals surface area contributed by atoms with Gasteiger partial charge in [0.05, 0.1) is 10.5 Å². The molecule has 0 aliphatic carbocycles. The van der Waals surface area contributed by atoms with Gasteiger partial charge in [0.2, 0.25) is 0 Å². The number of nitrogens with one attached hydrogen (secondary N) is 1. The Kier molecular flexibility index (Phi) is 6.16. The second-order valence-electron chi connectivity index (χ2n) is 6.84. The topological polar surface area (TPSA) is 59.9 Å². The Balaban J connectivity index is 1.79. The Morgan fingerprint density at radius 1 is 1.10 bits per heavy atom. The van der Waals surface area contributed by atoms with Crippen molar-refractivity contribution >= 4 is 34.0 Å². The second kappa shape index (κ2) is 9.15. The molecular weight excluding hydrogens is 403 g/mol. The average molecular weight is 423 g/mol. The summed E-state index contributed by atoms with van der Waals surface area (Å²) in [7, 11) is 1.70. The minimum Gasteiger partial charge on any atom is -0.385 e. The zero-order chi connectivity index (χ0) is 20.9. The number of pyridine rings is 1. The fourth-order valence-electron chi connectivity index (χ4n) is 3.18. The molecule has 4 rings (SSSR count). The number of aryl methyl sites for hydroxylation is 1. The van der Waals surface area contributed by atoms with E-state index in [4.69, 9.17) is 26.3 Å². The molecule has 2 aromatic carbocycles. The van der Waals surface area contributed by atoms with Crippen LogP contribution >= 0.6 is 11.6 Å². The highest BCUT2D eigenvalue weighted by Crippen LogP contribution is 2.29. The summed E-state index contributed by atoms with van der Waals surface area (Å²) in [5, 5.41) is 4.19. The summed E-state index contributed by atoms with van der Waals surface area (Å²) in [6.45, 7) is 0.702. The quantitative estimate of drug-likeness (QED) is 0.381. The van der Waals surface area contributed by atoms with Gasteiger partial charge in [0.25, 0.3) is 0 Å². The van der Waals surface area contributed by atoms with Crippen molar-refractivity contribution in [2.24, 2.45) is 0 Å². The molecule has 0 saturated carbocycles. The lowest BCUT2D eigenvalue weighted by Crippen LogP contribution is -2.01. The van der Waals surface area contributed by atoms with Crippen molar-refractivity contribution in [1.82, 2.24) is 15.0 Å². The zero-order valence-corrected chi connectivity index (χ0v) is 17.2. The normalized spacial score (nSPS) is 11.0. The lowest BCUT2D eigenvalue weighted by atomic mass is 10.1. The van der Waals surface area contributed by atoms with Crippen LogP contribution in [-0.4, -0.2) is 28.7 Å². The van der Waals surface area contributed by atoms with Gasteiger partial charge in [-0.3, -0.25) is 4.98 Å². The van der Waals surface area contributed by atoms with Gasteiger partial charge < -0.3 is 10.1 Å². The molecule has 1 N–H and O–H groups in total. The first-order valence-electron chi connectivity index (χ1n) is 9.56. The van der Waals surface area contributed by atoms with Crippen LogP contribution in [0.3, 0.4) is 0 Å². The van der Waals surface area contributed by atoms with Gasteiger partial charge in [-0.2, -0.15) is 0 Å². The van der Waals surface area contributed by atoms with Crippen molar-refractivity contribution in [1.29, 1.82) is 0 Å². The van der Waals surface area contributed by atoms with Crippen LogP contribution in [0.2, 0.25) is 5.02 Å². The number of anilines is 2. The van der Waals surface area contributed by atoms with Crippen LogP contribution < -0.4 is 5.32 Å². The predicted molar refractivity (Wildman–Crippen MR) is 118 cm³/mol. The molecule has 0 aliphatic rings. The van der Waals surface area contributed by atoms with Crippen molar-refractivity contribution in [3.63, 3.8) is 0 Å². The SMILES string of the molecule is COCCCc1ccc2nc(-c3cccnc3)nc(Nc3ccc(F)c(Cl)c3)c2c1. The van der Waals surface area contributed by atoms with Crippen molar-refractivity contribution < 1.29 is 9.13 Å². The molecule has 0 aliphatic heterocycles. The van der Waals surface area contributed by atoms with E-state index in [-0.39, 0.29) is 5.02 Å². The smallest absolute Gasteiger partial charge is 0.163 e. The highest BCUT2D eigenvalue weighted by atomic mass is 35.5. The van der Waals surface area contributed by atoms with Crippen molar-refractivity contribution in [3.8, 4) is 11.4 Å². The molecule has 0 atom stereocenters. The van der Waals surface area contributed by atoms with E-state index >= 15 is 0 Å². The fraction of sp³-hybridized carbons (Fsp3) is 0.174. The Hall–Kier alpha value is -3.09. The summed E-state index contributed by atoms with van der Waals surface area (Å²) in [6, 6.07) is 14.4. The Morgan fingerprint density at radius 3 is 2.77 bits per heavy atom. The third kappa shape index (κ3) is 4.56. The molecule has 0 unspecified atom stereocenters. The molecule has 0 bridgehead atoms. The van der Waals surface area contributed by atoms with Crippen LogP contribution in [0.4, 0.5) is 15.9 Å². The number of rotatable bonds is 7. The zero-order valence-electron chi connectivity index (χ0n) is 16.4. The average Bonchev–Trinajstić information content (AvgIpc) is 2.77. The van der Waals surface area contributed by atoms with Crippen LogP contribution in [0.1, 0.15) is 12.0 Å². The minimum absolute atomic E-state index is 0.0473. The van der Waals surface area contributed by atoms with Gasteiger partial charge in [-0.25, -0.2) is 14.4 Å². The molecule has 4 aromatic rings. The molecule has 0 saturated heterocycles. The maximum atomic E-state index is 13.6. The third-order valence-electron chi connectivity index (χ3n) is 4.68. The molecule has 2 aromatic heterocycles. The van der Waals surface area contributed by atoms with Gasteiger partial charge in [0.15, 0.2) is 5.82 Å². The monoisotopic (exact) mass is 422 g/mol. The largest absolute Gasteiger partial charge is 0.385 e. The van der Waals surface area contributed by atoms with Crippen LogP contribution in [0.5, 0.6) is 0 Å². The summed E-state index contributed by atoms with van der Waals surface area (Å²) < 4.78 is 18.7. The van der Waals surface area contributed by atoms with Crippen LogP contribution in [-0.2, 0) is 11.2 Å². The number of fused-ring (bicyclic) bond motifs is 1. The number of ether oxygens (including phenoxy) is 1. The van der Waals surface area contributed by atoms with Gasteiger partial charge in [0, 0.05) is 42.7 Å². The number of hydrogen-bond donors (Lipinski definition) is 1. The highest BCUT2D eigenvalue weighted by molar-refractivity contribution is 6.31. The number of methoxy groups -OCH3 is 1. The summed E-state index contributed by atoms with van der Waals surface area (Å²) in [5.41, 5.74) is 3.42. The van der Waals surface area contributed by atoms with Crippen LogP contribution in [0.15, 0.2) is 60.9 Å². The van der Waals surface area contributed by atoms with E-state index < -0.39 is 5.82 Å². The van der Waals surface area contributed by atoms with Crippen molar-refractivity contribution in [3.05, 3.63) is 77.3 Å². The Morgan fingerprint density at radius 2 is 2.00 bits per heavy atom. The van der Waals surface area contributed by atoms with E-state index in [1.165, 1.54) is 12.1 Å². The molecule has 0 spiro atoms. The molecule has 30 heavy (non-hydrogen) atoms. The predicted octanol–water partition coefficient (Wildman–Crippen LogP) is 5.81. The minimum atomic E-state index is -0.466. The highest BCUT2D eigenvalue weighted by Gasteiger charge is 2.12. The molecule has 0 radical (unpaired) electrons. The number of hydrogen-bond acceptors (Lipinski definition) is 5. The summed E-state index contributed by atoms with van der Waals surface area (Å²) >= 11 is 5.95. The van der Waals surface area contributed by atoms with Crippen molar-refractivity contribution in [2.75, 3.05) is 19.0 Å². The molecule has 2 heterocycles. The molecular formula is C23H20ClFN4O. The van der Waals surface area contributed by atoms with E-state index in [1.54, 1.807) is 25.6 Å². The lowest BCUT2D eigenvalue weighted by molar-refractivity contribution is 0.195. The van der Waals surface area contributed by atoms with Crippen molar-refractivity contribution in [2.45, 2.75) is 12.8 Å². The number of nitrogens with zero attached hydrogens (tertiary/aromatic N) is 3. The van der Waals surface area contributed by atoms with E-state index in [1.807, 2.05) is 18.2 Å². The van der Waals surface area contributed by atoms with E-state index in [9.17, 15) is 4.39 Å². The molecule has 5 nitrogen and oxygen atoms in total. The number of halogens is 2. The molecule has 0 fully saturated rings. The van der Waals surface area contributed by atoms with Gasteiger partial charge in [-0.1, -0.05) is 17.7 Å². The second-order valence-corrected chi connectivity index (χ2v) is 7.25. The Labute approximate surface area is 178 Å². The molecule has 0 amide bonds. The van der Waals surface area contributed by atoms with Crippen LogP contribution in [0, 0.1) is 5.82 Å². The standard InChI is InChI=1S/C23H20ClFN4O/c1-30-11-3-4-15-6-9-21-18(12-15)23(27-17-7-8-20(25)19(24)13-17)29-22(28-21)16-5-2-10-26-14-16/h2,5-10,12-14H,3-4,11H2,1H3,(H,27,28,29). The van der Waals surface area contributed by atoms with Crippen LogP contribution in [0.25, 0.3) is 22.3 Å². The summed E-state index contributed by atoms with van der Waals surface area (Å²) in [4.78, 5) is 13.6. The summed E-state index contributed by atoms with van der Waals surface area (Å²) in [5.74, 6) is 0.708. The fourth-order valence-corrected chi connectivity index (χ4v) is 3.36. The first-order chi connectivity index (χ1) is 14.6. The van der Waals surface area contributed by atoms with E-state index in [2.05, 4.69) is 22.4 Å². The molecule has 7 heteroatoms. The van der Waals surface area contributed by atoms with Gasteiger partial charge >= 0.3 is 0 Å². The van der Waals surface area contributed by atoms with Gasteiger partial charge in [-0.05, 0) is 60.9 Å². The first-order valence-corrected chi connectivity index (χ1v) is 9.94. The Bertz CT molecular complexity index is 1170.